The lowest BCUT2D eigenvalue weighted by Crippen LogP contribution is -2.29. The lowest BCUT2D eigenvalue weighted by Gasteiger charge is -2.17. The fourth-order valence-corrected chi connectivity index (χ4v) is 3.40. The summed E-state index contributed by atoms with van der Waals surface area (Å²) in [6, 6.07) is 7.25. The van der Waals surface area contributed by atoms with E-state index in [0.717, 1.165) is 30.5 Å². The zero-order valence-electron chi connectivity index (χ0n) is 9.73. The highest BCUT2D eigenvalue weighted by Gasteiger charge is 2.38. The second-order valence-electron chi connectivity index (χ2n) is 5.17. The lowest BCUT2D eigenvalue weighted by atomic mass is 10.0. The molecule has 0 N–H and O–H groups in total. The molecule has 1 saturated carbocycles. The number of benzene rings is 1. The van der Waals surface area contributed by atoms with Gasteiger partial charge < -0.3 is 4.90 Å². The van der Waals surface area contributed by atoms with Crippen molar-refractivity contribution >= 4 is 17.5 Å². The highest BCUT2D eigenvalue weighted by molar-refractivity contribution is 6.30. The number of rotatable bonds is 1. The molecule has 1 aromatic rings. The van der Waals surface area contributed by atoms with Crippen molar-refractivity contribution in [3.63, 3.8) is 0 Å². The van der Waals surface area contributed by atoms with E-state index in [4.69, 9.17) is 11.6 Å². The number of fused-ring (bicyclic) bond motifs is 1. The highest BCUT2D eigenvalue weighted by atomic mass is 35.5. The monoisotopic (exact) mass is 249 g/mol. The predicted octanol–water partition coefficient (Wildman–Crippen LogP) is 3.21. The van der Waals surface area contributed by atoms with E-state index >= 15 is 0 Å². The molecule has 1 aliphatic heterocycles. The van der Waals surface area contributed by atoms with E-state index < -0.39 is 0 Å². The zero-order valence-corrected chi connectivity index (χ0v) is 10.5. The Morgan fingerprint density at radius 1 is 1.24 bits per heavy atom. The first kappa shape index (κ1) is 11.1. The van der Waals surface area contributed by atoms with Gasteiger partial charge in [-0.05, 0) is 42.9 Å². The van der Waals surface area contributed by atoms with Crippen LogP contribution in [0.4, 0.5) is 0 Å². The van der Waals surface area contributed by atoms with Crippen molar-refractivity contribution in [1.29, 1.82) is 0 Å². The smallest absolute Gasteiger partial charge is 0.253 e. The first-order chi connectivity index (χ1) is 8.24. The molecule has 90 valence electrons. The van der Waals surface area contributed by atoms with E-state index in [1.54, 1.807) is 12.1 Å². The summed E-state index contributed by atoms with van der Waals surface area (Å²) in [5.74, 6) is 1.64. The molecule has 2 unspecified atom stereocenters. The normalized spacial score (nSPS) is 27.2. The summed E-state index contributed by atoms with van der Waals surface area (Å²) in [6.45, 7) is 1.88. The van der Waals surface area contributed by atoms with Gasteiger partial charge in [0.1, 0.15) is 0 Å². The maximum absolute atomic E-state index is 12.3. The molecule has 2 atom stereocenters. The molecular weight excluding hydrogens is 234 g/mol. The van der Waals surface area contributed by atoms with E-state index in [2.05, 4.69) is 0 Å². The SMILES string of the molecule is O=C(c1cccc(Cl)c1)N1CC2CCCC2C1. The standard InChI is InChI=1S/C14H16ClNO/c15-13-6-2-3-10(7-13)14(17)16-8-11-4-1-5-12(11)9-16/h2-3,6-7,11-12H,1,4-5,8-9H2. The van der Waals surface area contributed by atoms with Gasteiger partial charge in [-0.3, -0.25) is 4.79 Å². The second kappa shape index (κ2) is 4.34. The van der Waals surface area contributed by atoms with Crippen molar-refractivity contribution < 1.29 is 4.79 Å². The molecule has 1 aliphatic carbocycles. The third kappa shape index (κ3) is 2.06. The van der Waals surface area contributed by atoms with Gasteiger partial charge in [0, 0.05) is 23.7 Å². The largest absolute Gasteiger partial charge is 0.338 e. The molecule has 17 heavy (non-hydrogen) atoms. The number of likely N-dealkylation sites (tertiary alicyclic amines) is 1. The van der Waals surface area contributed by atoms with E-state index in [9.17, 15) is 4.79 Å². The van der Waals surface area contributed by atoms with Crippen molar-refractivity contribution in [2.75, 3.05) is 13.1 Å². The molecule has 0 aromatic heterocycles. The minimum Gasteiger partial charge on any atom is -0.338 e. The fraction of sp³-hybridized carbons (Fsp3) is 0.500. The Balaban J connectivity index is 1.75. The molecule has 1 amide bonds. The third-order valence-corrected chi connectivity index (χ3v) is 4.32. The number of nitrogens with zero attached hydrogens (tertiary/aromatic N) is 1. The number of hydrogen-bond acceptors (Lipinski definition) is 1. The average Bonchev–Trinajstić information content (AvgIpc) is 2.88. The van der Waals surface area contributed by atoms with Crippen LogP contribution in [0.2, 0.25) is 5.02 Å². The molecule has 2 nitrogen and oxygen atoms in total. The van der Waals surface area contributed by atoms with Crippen molar-refractivity contribution in [2.24, 2.45) is 11.8 Å². The molecule has 1 saturated heterocycles. The van der Waals surface area contributed by atoms with Gasteiger partial charge in [-0.1, -0.05) is 24.1 Å². The van der Waals surface area contributed by atoms with Crippen molar-refractivity contribution in [1.82, 2.24) is 4.90 Å². The minimum absolute atomic E-state index is 0.141. The first-order valence-electron chi connectivity index (χ1n) is 6.29. The Morgan fingerprint density at radius 2 is 1.94 bits per heavy atom. The van der Waals surface area contributed by atoms with Crippen LogP contribution < -0.4 is 0 Å². The van der Waals surface area contributed by atoms with Crippen LogP contribution in [0.25, 0.3) is 0 Å². The Labute approximate surface area is 107 Å². The van der Waals surface area contributed by atoms with Crippen molar-refractivity contribution in [3.05, 3.63) is 34.9 Å². The van der Waals surface area contributed by atoms with E-state index in [-0.39, 0.29) is 5.91 Å². The minimum atomic E-state index is 0.141. The van der Waals surface area contributed by atoms with Crippen molar-refractivity contribution in [2.45, 2.75) is 19.3 Å². The first-order valence-corrected chi connectivity index (χ1v) is 6.66. The fourth-order valence-electron chi connectivity index (χ4n) is 3.20. The van der Waals surface area contributed by atoms with Gasteiger partial charge in [0.05, 0.1) is 0 Å². The zero-order chi connectivity index (χ0) is 11.8. The molecule has 2 fully saturated rings. The average molecular weight is 250 g/mol. The maximum atomic E-state index is 12.3. The van der Waals surface area contributed by atoms with Gasteiger partial charge in [-0.2, -0.15) is 0 Å². The van der Waals surface area contributed by atoms with Crippen LogP contribution in [0.5, 0.6) is 0 Å². The van der Waals surface area contributed by atoms with Gasteiger partial charge >= 0.3 is 0 Å². The number of hydrogen-bond donors (Lipinski definition) is 0. The van der Waals surface area contributed by atoms with Crippen LogP contribution in [0.1, 0.15) is 29.6 Å². The quantitative estimate of drug-likeness (QED) is 0.749. The number of carbonyl (C=O) groups is 1. The molecular formula is C14H16ClNO. The highest BCUT2D eigenvalue weighted by Crippen LogP contribution is 2.38. The molecule has 1 heterocycles. The third-order valence-electron chi connectivity index (χ3n) is 4.09. The molecule has 3 heteroatoms. The van der Waals surface area contributed by atoms with Crippen LogP contribution >= 0.6 is 11.6 Å². The van der Waals surface area contributed by atoms with E-state index in [0.29, 0.717) is 5.02 Å². The second-order valence-corrected chi connectivity index (χ2v) is 5.61. The summed E-state index contributed by atoms with van der Waals surface area (Å²) in [5.41, 5.74) is 0.720. The Kier molecular flexibility index (Phi) is 2.83. The molecule has 3 rings (SSSR count). The van der Waals surface area contributed by atoms with Gasteiger partial charge in [-0.15, -0.1) is 0 Å². The van der Waals surface area contributed by atoms with Gasteiger partial charge in [0.25, 0.3) is 5.91 Å². The molecule has 0 radical (unpaired) electrons. The topological polar surface area (TPSA) is 20.3 Å². The Morgan fingerprint density at radius 3 is 2.59 bits per heavy atom. The lowest BCUT2D eigenvalue weighted by molar-refractivity contribution is 0.0780. The summed E-state index contributed by atoms with van der Waals surface area (Å²) in [4.78, 5) is 14.3. The predicted molar refractivity (Wildman–Crippen MR) is 68.2 cm³/mol. The number of carbonyl (C=O) groups excluding carboxylic acids is 1. The van der Waals surface area contributed by atoms with Crippen LogP contribution in [-0.4, -0.2) is 23.9 Å². The summed E-state index contributed by atoms with van der Waals surface area (Å²) >= 11 is 5.92. The van der Waals surface area contributed by atoms with Gasteiger partial charge in [-0.25, -0.2) is 0 Å². The van der Waals surface area contributed by atoms with E-state index in [1.165, 1.54) is 19.3 Å². The van der Waals surface area contributed by atoms with Crippen LogP contribution in [0.3, 0.4) is 0 Å². The van der Waals surface area contributed by atoms with Crippen molar-refractivity contribution in [3.8, 4) is 0 Å². The van der Waals surface area contributed by atoms with Crippen LogP contribution in [-0.2, 0) is 0 Å². The summed E-state index contributed by atoms with van der Waals surface area (Å²) in [6.07, 6.45) is 3.93. The molecule has 0 spiro atoms. The molecule has 1 aromatic carbocycles. The van der Waals surface area contributed by atoms with Gasteiger partial charge in [0.2, 0.25) is 0 Å². The Bertz CT molecular complexity index is 434. The van der Waals surface area contributed by atoms with E-state index in [1.807, 2.05) is 17.0 Å². The summed E-state index contributed by atoms with van der Waals surface area (Å²) in [5, 5.41) is 0.634. The number of halogens is 1. The maximum Gasteiger partial charge on any atom is 0.253 e. The van der Waals surface area contributed by atoms with Crippen LogP contribution in [0.15, 0.2) is 24.3 Å². The Hall–Kier alpha value is -1.02. The number of amides is 1. The molecule has 2 aliphatic rings. The molecule has 0 bridgehead atoms. The summed E-state index contributed by atoms with van der Waals surface area (Å²) < 4.78 is 0. The summed E-state index contributed by atoms with van der Waals surface area (Å²) in [7, 11) is 0. The van der Waals surface area contributed by atoms with Gasteiger partial charge in [0.15, 0.2) is 0 Å². The van der Waals surface area contributed by atoms with Crippen LogP contribution in [0, 0.1) is 11.8 Å².